The number of nitrogens with zero attached hydrogens (tertiary/aromatic N) is 2. The van der Waals surface area contributed by atoms with Gasteiger partial charge in [-0.15, -0.1) is 0 Å². The van der Waals surface area contributed by atoms with Crippen molar-refractivity contribution in [1.82, 2.24) is 0 Å². The molecule has 2 aromatic rings. The third-order valence-corrected chi connectivity index (χ3v) is 3.19. The first-order valence-electron chi connectivity index (χ1n) is 7.48. The number of methoxy groups -OCH3 is 1. The Kier molecular flexibility index (Phi) is 6.11. The van der Waals surface area contributed by atoms with Crippen molar-refractivity contribution < 1.29 is 24.5 Å². The molecule has 25 heavy (non-hydrogen) atoms. The van der Waals surface area contributed by atoms with Crippen LogP contribution in [0.3, 0.4) is 0 Å². The lowest BCUT2D eigenvalue weighted by molar-refractivity contribution is 0.0597. The Morgan fingerprint density at radius 3 is 2.24 bits per heavy atom. The summed E-state index contributed by atoms with van der Waals surface area (Å²) in [6.07, 6.45) is 2.94. The highest BCUT2D eigenvalue weighted by atomic mass is 16.5. The third kappa shape index (κ3) is 4.81. The maximum Gasteiger partial charge on any atom is 0.341 e. The molecule has 7 heteroatoms. The number of benzene rings is 2. The Bertz CT molecular complexity index is 815. The molecular weight excluding hydrogens is 324 g/mol. The van der Waals surface area contributed by atoms with E-state index in [2.05, 4.69) is 14.9 Å². The zero-order valence-corrected chi connectivity index (χ0v) is 13.8. The SMILES string of the molecule is CCOc1cc(/C=N/N=C/c2ccc(O)c(C(=O)OC)c2)ccc1O. The molecule has 0 aliphatic carbocycles. The van der Waals surface area contributed by atoms with E-state index >= 15 is 0 Å². The summed E-state index contributed by atoms with van der Waals surface area (Å²) in [7, 11) is 1.24. The summed E-state index contributed by atoms with van der Waals surface area (Å²) in [6, 6.07) is 9.26. The number of phenolic OH excluding ortho intramolecular Hbond substituents is 2. The molecule has 7 nitrogen and oxygen atoms in total. The van der Waals surface area contributed by atoms with Gasteiger partial charge in [0.1, 0.15) is 11.3 Å². The summed E-state index contributed by atoms with van der Waals surface area (Å²) in [5, 5.41) is 27.1. The van der Waals surface area contributed by atoms with Crippen LogP contribution >= 0.6 is 0 Å². The number of rotatable bonds is 6. The van der Waals surface area contributed by atoms with Crippen molar-refractivity contribution in [3.05, 3.63) is 53.1 Å². The predicted octanol–water partition coefficient (Wildman–Crippen LogP) is 2.74. The van der Waals surface area contributed by atoms with Crippen LogP contribution in [0.5, 0.6) is 17.2 Å². The maximum atomic E-state index is 11.5. The van der Waals surface area contributed by atoms with Crippen molar-refractivity contribution in [3.63, 3.8) is 0 Å². The number of hydrogen-bond acceptors (Lipinski definition) is 7. The Morgan fingerprint density at radius 1 is 1.04 bits per heavy atom. The molecule has 0 atom stereocenters. The molecule has 0 saturated carbocycles. The molecule has 0 aliphatic heterocycles. The van der Waals surface area contributed by atoms with E-state index < -0.39 is 5.97 Å². The number of carbonyl (C=O) groups excluding carboxylic acids is 1. The van der Waals surface area contributed by atoms with Gasteiger partial charge in [0.05, 0.1) is 26.1 Å². The Morgan fingerprint density at radius 2 is 1.64 bits per heavy atom. The minimum absolute atomic E-state index is 0.0512. The van der Waals surface area contributed by atoms with Crippen molar-refractivity contribution in [2.24, 2.45) is 10.2 Å². The van der Waals surface area contributed by atoms with Gasteiger partial charge in [0.15, 0.2) is 11.5 Å². The van der Waals surface area contributed by atoms with E-state index in [1.165, 1.54) is 37.7 Å². The summed E-state index contributed by atoms with van der Waals surface area (Å²) >= 11 is 0. The summed E-state index contributed by atoms with van der Waals surface area (Å²) in [5.41, 5.74) is 1.34. The van der Waals surface area contributed by atoms with Gasteiger partial charge in [0, 0.05) is 0 Å². The van der Waals surface area contributed by atoms with Gasteiger partial charge in [-0.3, -0.25) is 0 Å². The summed E-state index contributed by atoms with van der Waals surface area (Å²) in [4.78, 5) is 11.5. The van der Waals surface area contributed by atoms with Crippen LogP contribution in [-0.2, 0) is 4.74 Å². The van der Waals surface area contributed by atoms with Gasteiger partial charge < -0.3 is 19.7 Å². The topological polar surface area (TPSA) is 101 Å². The van der Waals surface area contributed by atoms with E-state index in [9.17, 15) is 15.0 Å². The van der Waals surface area contributed by atoms with Gasteiger partial charge in [0.2, 0.25) is 0 Å². The molecular formula is C18H18N2O5. The zero-order chi connectivity index (χ0) is 18.2. The van der Waals surface area contributed by atoms with Crippen LogP contribution in [0.15, 0.2) is 46.6 Å². The van der Waals surface area contributed by atoms with E-state index in [-0.39, 0.29) is 17.1 Å². The van der Waals surface area contributed by atoms with E-state index in [4.69, 9.17) is 4.74 Å². The highest BCUT2D eigenvalue weighted by Gasteiger charge is 2.11. The molecule has 0 unspecified atom stereocenters. The van der Waals surface area contributed by atoms with Gasteiger partial charge in [-0.1, -0.05) is 0 Å². The van der Waals surface area contributed by atoms with Gasteiger partial charge in [-0.05, 0) is 54.4 Å². The normalized spacial score (nSPS) is 11.1. The number of ether oxygens (including phenoxy) is 2. The molecule has 0 heterocycles. The highest BCUT2D eigenvalue weighted by Crippen LogP contribution is 2.26. The first-order chi connectivity index (χ1) is 12.0. The fourth-order valence-electron chi connectivity index (χ4n) is 1.99. The van der Waals surface area contributed by atoms with Crippen LogP contribution in [0.1, 0.15) is 28.4 Å². The van der Waals surface area contributed by atoms with Gasteiger partial charge in [-0.25, -0.2) is 4.79 Å². The van der Waals surface area contributed by atoms with E-state index in [1.807, 2.05) is 6.92 Å². The van der Waals surface area contributed by atoms with Gasteiger partial charge in [-0.2, -0.15) is 10.2 Å². The second-order valence-electron chi connectivity index (χ2n) is 4.92. The number of esters is 1. The lowest BCUT2D eigenvalue weighted by atomic mass is 10.1. The van der Waals surface area contributed by atoms with Crippen molar-refractivity contribution in [2.45, 2.75) is 6.92 Å². The van der Waals surface area contributed by atoms with Gasteiger partial charge >= 0.3 is 5.97 Å². The molecule has 2 N–H and O–H groups in total. The van der Waals surface area contributed by atoms with Crippen LogP contribution in [-0.4, -0.2) is 42.3 Å². The number of phenols is 2. The smallest absolute Gasteiger partial charge is 0.341 e. The summed E-state index contributed by atoms with van der Waals surface area (Å²) in [5.74, 6) is -0.373. The van der Waals surface area contributed by atoms with E-state index in [0.717, 1.165) is 0 Å². The molecule has 0 saturated heterocycles. The van der Waals surface area contributed by atoms with Crippen LogP contribution in [0, 0.1) is 0 Å². The zero-order valence-electron chi connectivity index (χ0n) is 13.8. The Balaban J connectivity index is 2.12. The monoisotopic (exact) mass is 342 g/mol. The Hall–Kier alpha value is -3.35. The van der Waals surface area contributed by atoms with Crippen molar-refractivity contribution in [3.8, 4) is 17.2 Å². The molecule has 130 valence electrons. The fraction of sp³-hybridized carbons (Fsp3) is 0.167. The number of aromatic hydroxyl groups is 2. The molecule has 0 aromatic heterocycles. The minimum atomic E-state index is -0.635. The van der Waals surface area contributed by atoms with Crippen molar-refractivity contribution in [1.29, 1.82) is 0 Å². The first-order valence-corrected chi connectivity index (χ1v) is 7.48. The molecule has 2 rings (SSSR count). The quantitative estimate of drug-likeness (QED) is 0.477. The largest absolute Gasteiger partial charge is 0.507 e. The first kappa shape index (κ1) is 18.0. The molecule has 0 spiro atoms. The second kappa shape index (κ2) is 8.49. The highest BCUT2D eigenvalue weighted by molar-refractivity contribution is 5.95. The Labute approximate surface area is 144 Å². The fourth-order valence-corrected chi connectivity index (χ4v) is 1.99. The van der Waals surface area contributed by atoms with Crippen LogP contribution < -0.4 is 4.74 Å². The molecule has 0 amide bonds. The molecule has 0 aliphatic rings. The van der Waals surface area contributed by atoms with Crippen LogP contribution in [0.25, 0.3) is 0 Å². The minimum Gasteiger partial charge on any atom is -0.507 e. The number of carbonyl (C=O) groups is 1. The summed E-state index contributed by atoms with van der Waals surface area (Å²) in [6.45, 7) is 2.26. The summed E-state index contributed by atoms with van der Waals surface area (Å²) < 4.78 is 9.88. The van der Waals surface area contributed by atoms with Crippen molar-refractivity contribution in [2.75, 3.05) is 13.7 Å². The van der Waals surface area contributed by atoms with Crippen molar-refractivity contribution >= 4 is 18.4 Å². The standard InChI is InChI=1S/C18H18N2O5/c1-3-25-17-9-13(5-7-16(17)22)11-20-19-10-12-4-6-15(21)14(8-12)18(23)24-2/h4-11,21-22H,3H2,1-2H3/b19-10+,20-11+. The average molecular weight is 342 g/mol. The lowest BCUT2D eigenvalue weighted by Crippen LogP contribution is -2.02. The number of hydrogen-bond donors (Lipinski definition) is 2. The van der Waals surface area contributed by atoms with Crippen LogP contribution in [0.4, 0.5) is 0 Å². The maximum absolute atomic E-state index is 11.5. The molecule has 0 bridgehead atoms. The second-order valence-corrected chi connectivity index (χ2v) is 4.92. The predicted molar refractivity (Wildman–Crippen MR) is 93.9 cm³/mol. The average Bonchev–Trinajstić information content (AvgIpc) is 2.62. The van der Waals surface area contributed by atoms with Crippen LogP contribution in [0.2, 0.25) is 0 Å². The molecule has 0 fully saturated rings. The lowest BCUT2D eigenvalue weighted by Gasteiger charge is -2.05. The van der Waals surface area contributed by atoms with E-state index in [1.54, 1.807) is 18.2 Å². The third-order valence-electron chi connectivity index (χ3n) is 3.19. The van der Waals surface area contributed by atoms with Gasteiger partial charge in [0.25, 0.3) is 0 Å². The molecule has 0 radical (unpaired) electrons. The van der Waals surface area contributed by atoms with E-state index in [0.29, 0.717) is 23.5 Å². The molecule has 2 aromatic carbocycles.